The van der Waals surface area contributed by atoms with Crippen LogP contribution in [0.5, 0.6) is 0 Å². The van der Waals surface area contributed by atoms with Crippen molar-refractivity contribution in [3.05, 3.63) is 146 Å². The van der Waals surface area contributed by atoms with Crippen LogP contribution in [0.4, 0.5) is 5.69 Å². The van der Waals surface area contributed by atoms with E-state index in [2.05, 4.69) is 154 Å². The third-order valence-corrected chi connectivity index (χ3v) is 11.1. The summed E-state index contributed by atoms with van der Waals surface area (Å²) in [4.78, 5) is 1.37. The lowest BCUT2D eigenvalue weighted by molar-refractivity contribution is -0.786. The molecule has 0 aliphatic heterocycles. The number of hydrogen-bond donors (Lipinski definition) is 1. The summed E-state index contributed by atoms with van der Waals surface area (Å²) in [5.41, 5.74) is 6.41. The van der Waals surface area contributed by atoms with Crippen molar-refractivity contribution in [2.24, 2.45) is 0 Å². The zero-order valence-electron chi connectivity index (χ0n) is 26.8. The summed E-state index contributed by atoms with van der Waals surface area (Å²) in [5.74, 6) is 0. The van der Waals surface area contributed by atoms with E-state index in [0.29, 0.717) is 19.8 Å². The smallest absolute Gasteiger partial charge is 0.370 e. The lowest BCUT2D eigenvalue weighted by Gasteiger charge is -2.44. The van der Waals surface area contributed by atoms with Gasteiger partial charge >= 0.3 is 8.80 Å². The summed E-state index contributed by atoms with van der Waals surface area (Å²) in [6.07, 6.45) is -1.41. The van der Waals surface area contributed by atoms with E-state index in [4.69, 9.17) is 13.3 Å². The average molecular weight is 604 g/mol. The summed E-state index contributed by atoms with van der Waals surface area (Å²) in [6, 6.07) is 51.6. The highest BCUT2D eigenvalue weighted by Gasteiger charge is 2.43. The minimum atomic E-state index is -2.98. The molecule has 228 valence electrons. The largest absolute Gasteiger partial charge is 0.537 e. The molecule has 0 heterocycles. The van der Waals surface area contributed by atoms with Crippen molar-refractivity contribution in [1.82, 2.24) is 0 Å². The molecule has 5 aromatic rings. The molecule has 0 amide bonds. The maximum Gasteiger partial charge on any atom is 0.537 e. The van der Waals surface area contributed by atoms with Crippen molar-refractivity contribution in [2.75, 3.05) is 33.9 Å². The van der Waals surface area contributed by atoms with Crippen LogP contribution in [0, 0.1) is 0 Å². The Labute approximate surface area is 265 Å². The van der Waals surface area contributed by atoms with E-state index in [0.717, 1.165) is 5.19 Å². The molecule has 0 radical (unpaired) electrons. The van der Waals surface area contributed by atoms with E-state index < -0.39 is 15.0 Å². The monoisotopic (exact) mass is 603 g/mol. The highest BCUT2D eigenvalue weighted by atomic mass is 28.4. The Hall–Kier alpha value is -3.78. The topological polar surface area (TPSA) is 32.1 Å². The first-order valence-corrected chi connectivity index (χ1v) is 17.4. The van der Waals surface area contributed by atoms with E-state index in [-0.39, 0.29) is 0 Å². The van der Waals surface area contributed by atoms with E-state index >= 15 is 0 Å². The Morgan fingerprint density at radius 2 is 0.773 bits per heavy atom. The van der Waals surface area contributed by atoms with Gasteiger partial charge in [0.1, 0.15) is 11.8 Å². The SMILES string of the molecule is CCO[Si](OCC)(OCC)c1ccc([B-](c2ccccc2)(c2ccccc2)c2ccccc2)cc1.C[NH+](C)c1ccccc1. The van der Waals surface area contributed by atoms with Gasteiger partial charge in [-0.15, -0.1) is 0 Å². The molecule has 0 atom stereocenters. The molecule has 0 saturated heterocycles. The van der Waals surface area contributed by atoms with Crippen molar-refractivity contribution < 1.29 is 18.2 Å². The molecule has 5 aromatic carbocycles. The third-order valence-electron chi connectivity index (χ3n) is 8.02. The number of para-hydroxylation sites is 1. The van der Waals surface area contributed by atoms with Crippen LogP contribution in [-0.4, -0.2) is 48.9 Å². The van der Waals surface area contributed by atoms with Gasteiger partial charge in [0.2, 0.25) is 0 Å². The van der Waals surface area contributed by atoms with Crippen LogP contribution in [0.3, 0.4) is 0 Å². The van der Waals surface area contributed by atoms with Crippen molar-refractivity contribution in [3.8, 4) is 0 Å². The summed E-state index contributed by atoms with van der Waals surface area (Å²) >= 11 is 0. The van der Waals surface area contributed by atoms with Gasteiger partial charge in [-0.05, 0) is 32.9 Å². The Kier molecular flexibility index (Phi) is 12.3. The van der Waals surface area contributed by atoms with Gasteiger partial charge in [-0.3, -0.25) is 0 Å². The molecule has 0 aromatic heterocycles. The summed E-state index contributed by atoms with van der Waals surface area (Å²) in [7, 11) is 1.26. The van der Waals surface area contributed by atoms with Gasteiger partial charge in [0.15, 0.2) is 0 Å². The van der Waals surface area contributed by atoms with Crippen LogP contribution in [0.15, 0.2) is 146 Å². The first-order chi connectivity index (χ1) is 21.5. The second-order valence-corrected chi connectivity index (χ2v) is 13.5. The fraction of sp³-hybridized carbons (Fsp3) is 0.211. The van der Waals surface area contributed by atoms with Crippen molar-refractivity contribution in [1.29, 1.82) is 0 Å². The molecule has 0 fully saturated rings. The van der Waals surface area contributed by atoms with Gasteiger partial charge in [0, 0.05) is 25.0 Å². The number of benzene rings is 5. The molecule has 0 aliphatic rings. The van der Waals surface area contributed by atoms with Gasteiger partial charge in [-0.1, -0.05) is 133 Å². The van der Waals surface area contributed by atoms with Crippen LogP contribution in [0.25, 0.3) is 0 Å². The molecule has 0 spiro atoms. The second-order valence-electron chi connectivity index (χ2n) is 10.9. The normalized spacial score (nSPS) is 11.6. The maximum absolute atomic E-state index is 6.18. The predicted octanol–water partition coefficient (Wildman–Crippen LogP) is 3.78. The Balaban J connectivity index is 0.000000421. The zero-order chi connectivity index (χ0) is 31.3. The fourth-order valence-electron chi connectivity index (χ4n) is 6.07. The second kappa shape index (κ2) is 16.3. The van der Waals surface area contributed by atoms with Crippen LogP contribution in [0.1, 0.15) is 20.8 Å². The Morgan fingerprint density at radius 3 is 1.07 bits per heavy atom. The number of hydrogen-bond acceptors (Lipinski definition) is 3. The van der Waals surface area contributed by atoms with Gasteiger partial charge in [-0.25, -0.2) is 0 Å². The molecule has 44 heavy (non-hydrogen) atoms. The van der Waals surface area contributed by atoms with Gasteiger partial charge in [-0.2, -0.15) is 21.9 Å². The standard InChI is InChI=1S/C30H34BO3Si.C8H11N/c1-4-32-35(33-5-2,34-6-3)30-24-22-29(23-25-30)31(26-16-10-7-11-17-26,27-18-12-8-13-19-27)28-20-14-9-15-21-28;1-9(2)8-6-4-3-5-7-8/h7-25H,4-6H2,1-3H3;3-7H,1-2H3/q-1;/p+1. The zero-order valence-corrected chi connectivity index (χ0v) is 27.8. The van der Waals surface area contributed by atoms with Gasteiger partial charge < -0.3 is 18.2 Å². The quantitative estimate of drug-likeness (QED) is 0.221. The number of nitrogens with one attached hydrogen (secondary N) is 1. The first kappa shape index (κ1) is 33.1. The Morgan fingerprint density at radius 1 is 0.455 bits per heavy atom. The van der Waals surface area contributed by atoms with Crippen LogP contribution in [0.2, 0.25) is 0 Å². The van der Waals surface area contributed by atoms with E-state index in [1.54, 1.807) is 0 Å². The minimum absolute atomic E-state index is 0.542. The summed E-state index contributed by atoms with van der Waals surface area (Å²) in [5, 5.41) is 0.991. The van der Waals surface area contributed by atoms with Crippen molar-refractivity contribution >= 4 is 47.7 Å². The molecule has 0 aliphatic carbocycles. The maximum atomic E-state index is 6.18. The summed E-state index contributed by atoms with van der Waals surface area (Å²) < 4.78 is 18.5. The van der Waals surface area contributed by atoms with Crippen molar-refractivity contribution in [3.63, 3.8) is 0 Å². The highest BCUT2D eigenvalue weighted by molar-refractivity contribution is 7.19. The molecule has 6 heteroatoms. The van der Waals surface area contributed by atoms with Gasteiger partial charge in [0.05, 0.1) is 14.1 Å². The fourth-order valence-corrected chi connectivity index (χ4v) is 8.54. The molecule has 5 rings (SSSR count). The highest BCUT2D eigenvalue weighted by Crippen LogP contribution is 2.13. The number of quaternary nitrogens is 1. The third kappa shape index (κ3) is 7.47. The average Bonchev–Trinajstić information content (AvgIpc) is 3.08. The molecule has 4 nitrogen and oxygen atoms in total. The molecule has 0 bridgehead atoms. The molecular formula is C38H46BNO3Si. The molecule has 0 unspecified atom stereocenters. The van der Waals surface area contributed by atoms with Crippen LogP contribution >= 0.6 is 0 Å². The predicted molar refractivity (Wildman–Crippen MR) is 189 cm³/mol. The van der Waals surface area contributed by atoms with Crippen LogP contribution < -0.4 is 31.9 Å². The van der Waals surface area contributed by atoms with Gasteiger partial charge in [0.25, 0.3) is 0 Å². The minimum Gasteiger partial charge on any atom is -0.370 e. The lowest BCUT2D eigenvalue weighted by atomic mass is 9.13. The first-order valence-electron chi connectivity index (χ1n) is 15.7. The van der Waals surface area contributed by atoms with E-state index in [1.165, 1.54) is 32.4 Å². The van der Waals surface area contributed by atoms with Crippen LogP contribution in [-0.2, 0) is 13.3 Å². The molecular weight excluding hydrogens is 557 g/mol. The van der Waals surface area contributed by atoms with E-state index in [1.807, 2.05) is 26.8 Å². The van der Waals surface area contributed by atoms with E-state index in [9.17, 15) is 0 Å². The number of rotatable bonds is 12. The molecule has 1 N–H and O–H groups in total. The Bertz CT molecular complexity index is 1390. The summed E-state index contributed by atoms with van der Waals surface area (Å²) in [6.45, 7) is 7.59. The van der Waals surface area contributed by atoms with Crippen molar-refractivity contribution in [2.45, 2.75) is 20.8 Å². The lowest BCUT2D eigenvalue weighted by Crippen LogP contribution is -3.00. The molecule has 0 saturated carbocycles.